The topological polar surface area (TPSA) is 46.9 Å². The second-order valence-corrected chi connectivity index (χ2v) is 6.34. The van der Waals surface area contributed by atoms with Crippen molar-refractivity contribution in [2.75, 3.05) is 0 Å². The van der Waals surface area contributed by atoms with Crippen LogP contribution in [0.3, 0.4) is 0 Å². The van der Waals surface area contributed by atoms with Crippen LogP contribution in [0.25, 0.3) is 0 Å². The van der Waals surface area contributed by atoms with Crippen LogP contribution >= 0.6 is 0 Å². The molecular weight excluding hydrogens is 295 g/mol. The second kappa shape index (κ2) is 5.93. The van der Waals surface area contributed by atoms with Crippen molar-refractivity contribution in [2.45, 2.75) is 57.3 Å². The molecule has 0 spiro atoms. The molecule has 1 amide bonds. The monoisotopic (exact) mass is 315 g/mol. The number of alkyl halides is 3. The number of rotatable bonds is 2. The summed E-state index contributed by atoms with van der Waals surface area (Å²) >= 11 is 0. The zero-order valence-corrected chi connectivity index (χ0v) is 12.3. The molecule has 2 aliphatic rings. The van der Waals surface area contributed by atoms with Crippen molar-refractivity contribution < 1.29 is 18.0 Å². The molecule has 4 nitrogen and oxygen atoms in total. The average molecular weight is 315 g/mol. The molecule has 0 radical (unpaired) electrons. The maximum atomic E-state index is 12.8. The molecule has 1 N–H and O–H groups in total. The van der Waals surface area contributed by atoms with Crippen molar-refractivity contribution in [1.82, 2.24) is 14.9 Å². The van der Waals surface area contributed by atoms with E-state index in [0.717, 1.165) is 18.7 Å². The maximum Gasteiger partial charge on any atom is 0.391 e. The van der Waals surface area contributed by atoms with Crippen LogP contribution in [0, 0.1) is 11.8 Å². The summed E-state index contributed by atoms with van der Waals surface area (Å²) in [6, 6.07) is -0.0135. The predicted octanol–water partition coefficient (Wildman–Crippen LogP) is 2.68. The van der Waals surface area contributed by atoms with Crippen LogP contribution in [0.15, 0.2) is 12.4 Å². The largest absolute Gasteiger partial charge is 0.391 e. The van der Waals surface area contributed by atoms with Crippen LogP contribution < -0.4 is 5.32 Å². The van der Waals surface area contributed by atoms with E-state index in [1.807, 2.05) is 10.8 Å². The number of nitrogens with one attached hydrogen (secondary N) is 1. The standard InChI is InChI=1S/C15H20F3N3O/c16-15(17,18)11-3-1-2-10(8-11)14(22)20-12-4-5-13-19-6-7-21(13)9-12/h6-7,10-12H,1-5,8-9H2,(H,20,22). The van der Waals surface area contributed by atoms with Crippen molar-refractivity contribution in [3.05, 3.63) is 18.2 Å². The zero-order chi connectivity index (χ0) is 15.7. The first-order valence-electron chi connectivity index (χ1n) is 7.80. The van der Waals surface area contributed by atoms with Crippen LogP contribution in [-0.2, 0) is 17.8 Å². The summed E-state index contributed by atoms with van der Waals surface area (Å²) in [6.07, 6.45) is 2.09. The van der Waals surface area contributed by atoms with Gasteiger partial charge in [0.05, 0.1) is 5.92 Å². The summed E-state index contributed by atoms with van der Waals surface area (Å²) in [5, 5.41) is 2.94. The molecule has 0 saturated heterocycles. The van der Waals surface area contributed by atoms with E-state index in [1.54, 1.807) is 6.20 Å². The van der Waals surface area contributed by atoms with Gasteiger partial charge in [-0.3, -0.25) is 4.79 Å². The Hall–Kier alpha value is -1.53. The average Bonchev–Trinajstić information content (AvgIpc) is 2.94. The number of nitrogens with zero attached hydrogens (tertiary/aromatic N) is 2. The Morgan fingerprint density at radius 3 is 2.91 bits per heavy atom. The van der Waals surface area contributed by atoms with Gasteiger partial charge in [0.2, 0.25) is 5.91 Å². The van der Waals surface area contributed by atoms with Gasteiger partial charge in [-0.2, -0.15) is 13.2 Å². The number of carbonyl (C=O) groups is 1. The molecule has 1 aromatic rings. The van der Waals surface area contributed by atoms with Crippen molar-refractivity contribution in [3.8, 4) is 0 Å². The van der Waals surface area contributed by atoms with Gasteiger partial charge in [-0.15, -0.1) is 0 Å². The molecule has 1 aliphatic carbocycles. The fraction of sp³-hybridized carbons (Fsp3) is 0.733. The molecule has 3 atom stereocenters. The highest BCUT2D eigenvalue weighted by Gasteiger charge is 2.43. The minimum atomic E-state index is -4.19. The van der Waals surface area contributed by atoms with Crippen molar-refractivity contribution >= 4 is 5.91 Å². The number of hydrogen-bond donors (Lipinski definition) is 1. The lowest BCUT2D eigenvalue weighted by Crippen LogP contribution is -2.45. The molecule has 1 aliphatic heterocycles. The van der Waals surface area contributed by atoms with Crippen LogP contribution in [0.1, 0.15) is 37.9 Å². The number of halogens is 3. The lowest BCUT2D eigenvalue weighted by Gasteiger charge is -2.32. The number of carbonyl (C=O) groups excluding carboxylic acids is 1. The summed E-state index contributed by atoms with van der Waals surface area (Å²) in [7, 11) is 0. The highest BCUT2D eigenvalue weighted by Crippen LogP contribution is 2.40. The van der Waals surface area contributed by atoms with Crippen molar-refractivity contribution in [1.29, 1.82) is 0 Å². The van der Waals surface area contributed by atoms with Gasteiger partial charge < -0.3 is 9.88 Å². The van der Waals surface area contributed by atoms with Gasteiger partial charge in [0.1, 0.15) is 5.82 Å². The summed E-state index contributed by atoms with van der Waals surface area (Å²) in [6.45, 7) is 0.649. The van der Waals surface area contributed by atoms with Gasteiger partial charge >= 0.3 is 6.18 Å². The van der Waals surface area contributed by atoms with Crippen LogP contribution in [0.4, 0.5) is 13.2 Å². The summed E-state index contributed by atoms with van der Waals surface area (Å²) in [5.74, 6) is -1.06. The third-order valence-electron chi connectivity index (χ3n) is 4.79. The lowest BCUT2D eigenvalue weighted by atomic mass is 9.80. The highest BCUT2D eigenvalue weighted by molar-refractivity contribution is 5.79. The number of aryl methyl sites for hydroxylation is 1. The van der Waals surface area contributed by atoms with Gasteiger partial charge in [0.25, 0.3) is 0 Å². The van der Waals surface area contributed by atoms with Crippen LogP contribution in [0.5, 0.6) is 0 Å². The van der Waals surface area contributed by atoms with E-state index in [-0.39, 0.29) is 24.8 Å². The molecule has 1 fully saturated rings. The summed E-state index contributed by atoms with van der Waals surface area (Å²) in [5.41, 5.74) is 0. The van der Waals surface area contributed by atoms with Gasteiger partial charge in [-0.05, 0) is 25.7 Å². The Balaban J connectivity index is 1.56. The van der Waals surface area contributed by atoms with E-state index >= 15 is 0 Å². The molecule has 122 valence electrons. The quantitative estimate of drug-likeness (QED) is 0.912. The Labute approximate surface area is 127 Å². The first-order valence-corrected chi connectivity index (χ1v) is 7.80. The highest BCUT2D eigenvalue weighted by atomic mass is 19.4. The summed E-state index contributed by atoms with van der Waals surface area (Å²) < 4.78 is 40.5. The van der Waals surface area contributed by atoms with E-state index in [2.05, 4.69) is 10.3 Å². The van der Waals surface area contributed by atoms with Gasteiger partial charge in [0.15, 0.2) is 0 Å². The fourth-order valence-corrected chi connectivity index (χ4v) is 3.53. The number of hydrogen-bond acceptors (Lipinski definition) is 2. The fourth-order valence-electron chi connectivity index (χ4n) is 3.53. The molecule has 3 rings (SSSR count). The molecular formula is C15H20F3N3O. The second-order valence-electron chi connectivity index (χ2n) is 6.34. The molecule has 0 aromatic carbocycles. The lowest BCUT2D eigenvalue weighted by molar-refractivity contribution is -0.186. The predicted molar refractivity (Wildman–Crippen MR) is 74.0 cm³/mol. The van der Waals surface area contributed by atoms with Gasteiger partial charge in [0, 0.05) is 37.3 Å². The van der Waals surface area contributed by atoms with Gasteiger partial charge in [-0.1, -0.05) is 6.42 Å². The molecule has 3 unspecified atom stereocenters. The van der Waals surface area contributed by atoms with Crippen LogP contribution in [0.2, 0.25) is 0 Å². The van der Waals surface area contributed by atoms with Gasteiger partial charge in [-0.25, -0.2) is 4.98 Å². The Morgan fingerprint density at radius 1 is 1.32 bits per heavy atom. The van der Waals surface area contributed by atoms with E-state index in [4.69, 9.17) is 0 Å². The Morgan fingerprint density at radius 2 is 2.14 bits per heavy atom. The SMILES string of the molecule is O=C(NC1CCc2nccn2C1)C1CCCC(C(F)(F)F)C1. The van der Waals surface area contributed by atoms with Crippen molar-refractivity contribution in [3.63, 3.8) is 0 Å². The first-order chi connectivity index (χ1) is 10.4. The third kappa shape index (κ3) is 3.28. The third-order valence-corrected chi connectivity index (χ3v) is 4.79. The van der Waals surface area contributed by atoms with E-state index in [0.29, 0.717) is 19.4 Å². The number of amides is 1. The Bertz CT molecular complexity index is 540. The molecule has 1 aromatic heterocycles. The zero-order valence-electron chi connectivity index (χ0n) is 12.3. The minimum absolute atomic E-state index is 0.0135. The number of fused-ring (bicyclic) bond motifs is 1. The van der Waals surface area contributed by atoms with E-state index in [9.17, 15) is 18.0 Å². The summed E-state index contributed by atoms with van der Waals surface area (Å²) in [4.78, 5) is 16.5. The molecule has 0 bridgehead atoms. The molecule has 1 saturated carbocycles. The normalized spacial score (nSPS) is 29.0. The Kier molecular flexibility index (Phi) is 4.14. The van der Waals surface area contributed by atoms with Crippen LogP contribution in [-0.4, -0.2) is 27.7 Å². The minimum Gasteiger partial charge on any atom is -0.351 e. The first kappa shape index (κ1) is 15.4. The molecule has 2 heterocycles. The van der Waals surface area contributed by atoms with E-state index in [1.165, 1.54) is 0 Å². The smallest absolute Gasteiger partial charge is 0.351 e. The van der Waals surface area contributed by atoms with Crippen molar-refractivity contribution in [2.24, 2.45) is 11.8 Å². The van der Waals surface area contributed by atoms with E-state index < -0.39 is 18.0 Å². The maximum absolute atomic E-state index is 12.8. The number of imidazole rings is 1. The molecule has 7 heteroatoms. The number of aromatic nitrogens is 2. The molecule has 22 heavy (non-hydrogen) atoms.